The first-order valence-electron chi connectivity index (χ1n) is 10.2. The Bertz CT molecular complexity index is 890. The van der Waals surface area contributed by atoms with Crippen LogP contribution in [0.25, 0.3) is 0 Å². The lowest BCUT2D eigenvalue weighted by Gasteiger charge is -2.42. The van der Waals surface area contributed by atoms with E-state index in [9.17, 15) is 0 Å². The highest BCUT2D eigenvalue weighted by molar-refractivity contribution is 6.30. The molecule has 1 fully saturated rings. The molecule has 0 unspecified atom stereocenters. The predicted molar refractivity (Wildman–Crippen MR) is 111 cm³/mol. The first-order valence-corrected chi connectivity index (χ1v) is 10.6. The van der Waals surface area contributed by atoms with Crippen LogP contribution in [0.15, 0.2) is 47.6 Å². The Balaban J connectivity index is 1.51. The molecule has 0 spiro atoms. The molecule has 5 heteroatoms. The number of methoxy groups -OCH3 is 1. The van der Waals surface area contributed by atoms with Gasteiger partial charge in [-0.1, -0.05) is 30.9 Å². The maximum Gasteiger partial charge on any atom is 0.190 e. The second kappa shape index (κ2) is 7.32. The molecule has 2 aliphatic heterocycles. The largest absolute Gasteiger partial charge is 0.497 e. The first-order chi connectivity index (χ1) is 13.7. The topological polar surface area (TPSA) is 34.1 Å². The zero-order valence-electron chi connectivity index (χ0n) is 16.1. The summed E-state index contributed by atoms with van der Waals surface area (Å²) in [7, 11) is 1.69. The monoisotopic (exact) mass is 396 g/mol. The maximum absolute atomic E-state index is 6.50. The Kier molecular flexibility index (Phi) is 4.67. The van der Waals surface area contributed by atoms with Gasteiger partial charge in [0, 0.05) is 22.9 Å². The van der Waals surface area contributed by atoms with E-state index in [2.05, 4.69) is 17.1 Å². The second-order valence-corrected chi connectivity index (χ2v) is 8.40. The molecule has 1 aliphatic carbocycles. The van der Waals surface area contributed by atoms with Gasteiger partial charge in [0.15, 0.2) is 6.23 Å². The Morgan fingerprint density at radius 2 is 1.86 bits per heavy atom. The third-order valence-corrected chi connectivity index (χ3v) is 6.49. The van der Waals surface area contributed by atoms with Gasteiger partial charge in [-0.2, -0.15) is 5.10 Å². The van der Waals surface area contributed by atoms with E-state index in [-0.39, 0.29) is 12.3 Å². The smallest absolute Gasteiger partial charge is 0.190 e. The van der Waals surface area contributed by atoms with Crippen molar-refractivity contribution in [2.45, 2.75) is 50.8 Å². The van der Waals surface area contributed by atoms with Crippen LogP contribution in [-0.2, 0) is 0 Å². The van der Waals surface area contributed by atoms with Gasteiger partial charge in [-0.05, 0) is 60.9 Å². The van der Waals surface area contributed by atoms with Gasteiger partial charge in [-0.25, -0.2) is 5.01 Å². The average molecular weight is 397 g/mol. The minimum absolute atomic E-state index is 0.00900. The Morgan fingerprint density at radius 1 is 1.07 bits per heavy atom. The molecule has 0 aromatic heterocycles. The van der Waals surface area contributed by atoms with Gasteiger partial charge in [0.05, 0.1) is 18.9 Å². The van der Waals surface area contributed by atoms with E-state index in [0.717, 1.165) is 39.8 Å². The number of ether oxygens (including phenoxy) is 2. The fourth-order valence-corrected chi connectivity index (χ4v) is 4.96. The summed E-state index contributed by atoms with van der Waals surface area (Å²) < 4.78 is 11.8. The van der Waals surface area contributed by atoms with Crippen molar-refractivity contribution in [1.82, 2.24) is 5.01 Å². The minimum atomic E-state index is 0.00900. The molecule has 0 saturated heterocycles. The highest BCUT2D eigenvalue weighted by Gasteiger charge is 2.43. The molecule has 5 rings (SSSR count). The van der Waals surface area contributed by atoms with Crippen LogP contribution in [0.2, 0.25) is 5.02 Å². The van der Waals surface area contributed by atoms with E-state index in [4.69, 9.17) is 26.2 Å². The molecule has 0 radical (unpaired) electrons. The van der Waals surface area contributed by atoms with Crippen molar-refractivity contribution in [1.29, 1.82) is 0 Å². The molecule has 28 heavy (non-hydrogen) atoms. The zero-order chi connectivity index (χ0) is 19.1. The van der Waals surface area contributed by atoms with Crippen LogP contribution in [0.5, 0.6) is 11.5 Å². The first kappa shape index (κ1) is 17.9. The average Bonchev–Trinajstić information content (AvgIpc) is 3.20. The Morgan fingerprint density at radius 3 is 2.61 bits per heavy atom. The maximum atomic E-state index is 6.50. The normalized spacial score (nSPS) is 24.2. The number of fused-ring (bicyclic) bond motifs is 3. The number of hydrazone groups is 1. The lowest BCUT2D eigenvalue weighted by Crippen LogP contribution is -2.45. The zero-order valence-corrected chi connectivity index (χ0v) is 16.9. The van der Waals surface area contributed by atoms with Crippen molar-refractivity contribution >= 4 is 17.3 Å². The quantitative estimate of drug-likeness (QED) is 0.657. The predicted octanol–water partition coefficient (Wildman–Crippen LogP) is 5.80. The van der Waals surface area contributed by atoms with Crippen molar-refractivity contribution < 1.29 is 9.47 Å². The molecule has 0 amide bonds. The van der Waals surface area contributed by atoms with E-state index in [1.165, 1.54) is 32.1 Å². The molecule has 2 aromatic carbocycles. The van der Waals surface area contributed by atoms with E-state index in [0.29, 0.717) is 5.92 Å². The van der Waals surface area contributed by atoms with Crippen molar-refractivity contribution in [3.63, 3.8) is 0 Å². The van der Waals surface area contributed by atoms with E-state index in [1.807, 2.05) is 30.3 Å². The summed E-state index contributed by atoms with van der Waals surface area (Å²) in [5.41, 5.74) is 3.39. The molecule has 146 valence electrons. The molecule has 2 heterocycles. The van der Waals surface area contributed by atoms with E-state index < -0.39 is 0 Å². The number of nitrogens with zero attached hydrogens (tertiary/aromatic N) is 2. The van der Waals surface area contributed by atoms with Crippen LogP contribution < -0.4 is 9.47 Å². The Labute approximate surface area is 171 Å². The van der Waals surface area contributed by atoms with Crippen LogP contribution in [0.3, 0.4) is 0 Å². The summed E-state index contributed by atoms with van der Waals surface area (Å²) in [5.74, 6) is 2.35. The van der Waals surface area contributed by atoms with Crippen LogP contribution in [-0.4, -0.2) is 24.1 Å². The fraction of sp³-hybridized carbons (Fsp3) is 0.435. The van der Waals surface area contributed by atoms with Gasteiger partial charge in [0.2, 0.25) is 0 Å². The van der Waals surface area contributed by atoms with Crippen LogP contribution in [0.1, 0.15) is 55.7 Å². The van der Waals surface area contributed by atoms with Crippen LogP contribution >= 0.6 is 11.6 Å². The number of benzene rings is 2. The molecular weight excluding hydrogens is 372 g/mol. The highest BCUT2D eigenvalue weighted by Crippen LogP contribution is 2.47. The third kappa shape index (κ3) is 3.14. The number of hydrogen-bond donors (Lipinski definition) is 0. The summed E-state index contributed by atoms with van der Waals surface area (Å²) in [5, 5.41) is 8.03. The third-order valence-electron chi connectivity index (χ3n) is 6.26. The molecule has 3 aliphatic rings. The molecule has 1 saturated carbocycles. The van der Waals surface area contributed by atoms with Gasteiger partial charge >= 0.3 is 0 Å². The summed E-state index contributed by atoms with van der Waals surface area (Å²) >= 11 is 6.31. The number of rotatable bonds is 3. The molecule has 4 nitrogen and oxygen atoms in total. The van der Waals surface area contributed by atoms with Gasteiger partial charge in [-0.15, -0.1) is 0 Å². The number of hydrogen-bond acceptors (Lipinski definition) is 4. The summed E-state index contributed by atoms with van der Waals surface area (Å²) in [6.07, 6.45) is 7.20. The lowest BCUT2D eigenvalue weighted by molar-refractivity contribution is -0.0643. The standard InChI is InChI=1S/C23H25ClN2O2/c1-27-18-10-7-15(8-11-18)20-14-21-19-13-17(24)9-12-22(19)28-23(26(21)25-20)16-5-3-2-4-6-16/h7-13,16,21,23H,2-6,14H2,1H3/t21-,23+/m1/s1. The van der Waals surface area contributed by atoms with Crippen LogP contribution in [0, 0.1) is 5.92 Å². The Hall–Kier alpha value is -2.20. The minimum Gasteiger partial charge on any atom is -0.497 e. The van der Waals surface area contributed by atoms with Crippen molar-refractivity contribution in [2.24, 2.45) is 11.0 Å². The molecular formula is C23H25ClN2O2. The second-order valence-electron chi connectivity index (χ2n) is 7.96. The lowest BCUT2D eigenvalue weighted by atomic mass is 9.86. The fourth-order valence-electron chi connectivity index (χ4n) is 4.77. The summed E-state index contributed by atoms with van der Waals surface area (Å²) in [6, 6.07) is 14.3. The van der Waals surface area contributed by atoms with Crippen molar-refractivity contribution in [2.75, 3.05) is 7.11 Å². The van der Waals surface area contributed by atoms with E-state index in [1.54, 1.807) is 7.11 Å². The van der Waals surface area contributed by atoms with Crippen molar-refractivity contribution in [3.8, 4) is 11.5 Å². The summed E-state index contributed by atoms with van der Waals surface area (Å²) in [4.78, 5) is 0. The van der Waals surface area contributed by atoms with Gasteiger partial charge in [0.25, 0.3) is 0 Å². The molecule has 0 N–H and O–H groups in total. The highest BCUT2D eigenvalue weighted by atomic mass is 35.5. The summed E-state index contributed by atoms with van der Waals surface area (Å²) in [6.45, 7) is 0. The SMILES string of the molecule is COc1ccc(C2=NN3[C@H](C2)c2cc(Cl)ccc2O[C@H]3C2CCCCC2)cc1. The van der Waals surface area contributed by atoms with Gasteiger partial charge in [0.1, 0.15) is 11.5 Å². The van der Waals surface area contributed by atoms with Crippen LogP contribution in [0.4, 0.5) is 0 Å². The number of halogens is 1. The molecule has 2 atom stereocenters. The van der Waals surface area contributed by atoms with E-state index >= 15 is 0 Å². The van der Waals surface area contributed by atoms with Gasteiger partial charge < -0.3 is 9.47 Å². The molecule has 0 bridgehead atoms. The van der Waals surface area contributed by atoms with Crippen molar-refractivity contribution in [3.05, 3.63) is 58.6 Å². The molecule has 2 aromatic rings. The van der Waals surface area contributed by atoms with Gasteiger partial charge in [-0.3, -0.25) is 0 Å².